The topological polar surface area (TPSA) is 52.6 Å². The molecule has 0 unspecified atom stereocenters. The SMILES string of the molecule is CN(Cc1ccc2c(c1)CCN(C1CCC1)CC2)C(=O)c1cnc(N2CC[C@@H](F)C2)cn1. The van der Waals surface area contributed by atoms with Crippen LogP contribution in [0.4, 0.5) is 10.2 Å². The Kier molecular flexibility index (Phi) is 6.09. The van der Waals surface area contributed by atoms with E-state index in [-0.39, 0.29) is 5.91 Å². The molecule has 170 valence electrons. The summed E-state index contributed by atoms with van der Waals surface area (Å²) in [6.45, 7) is 3.82. The fourth-order valence-corrected chi connectivity index (χ4v) is 5.07. The van der Waals surface area contributed by atoms with Crippen molar-refractivity contribution >= 4 is 11.7 Å². The van der Waals surface area contributed by atoms with Gasteiger partial charge < -0.3 is 9.80 Å². The average molecular weight is 438 g/mol. The van der Waals surface area contributed by atoms with Crippen LogP contribution in [0, 0.1) is 0 Å². The molecule has 2 aromatic rings. The molecule has 7 heteroatoms. The molecule has 0 spiro atoms. The first-order chi connectivity index (χ1) is 15.6. The summed E-state index contributed by atoms with van der Waals surface area (Å²) < 4.78 is 13.4. The lowest BCUT2D eigenvalue weighted by atomic mass is 9.91. The molecule has 0 N–H and O–H groups in total. The summed E-state index contributed by atoms with van der Waals surface area (Å²) in [4.78, 5) is 27.8. The number of rotatable bonds is 5. The van der Waals surface area contributed by atoms with Crippen LogP contribution in [0.5, 0.6) is 0 Å². The molecule has 2 fully saturated rings. The van der Waals surface area contributed by atoms with Gasteiger partial charge in [-0.2, -0.15) is 0 Å². The minimum atomic E-state index is -0.813. The van der Waals surface area contributed by atoms with Gasteiger partial charge in [0.15, 0.2) is 0 Å². The van der Waals surface area contributed by atoms with Crippen molar-refractivity contribution in [1.29, 1.82) is 0 Å². The molecule has 3 heterocycles. The number of hydrogen-bond acceptors (Lipinski definition) is 5. The van der Waals surface area contributed by atoms with Gasteiger partial charge in [0.2, 0.25) is 0 Å². The van der Waals surface area contributed by atoms with Crippen molar-refractivity contribution in [3.8, 4) is 0 Å². The Morgan fingerprint density at radius 2 is 1.91 bits per heavy atom. The van der Waals surface area contributed by atoms with E-state index in [2.05, 4.69) is 33.1 Å². The van der Waals surface area contributed by atoms with Gasteiger partial charge in [-0.3, -0.25) is 9.69 Å². The van der Waals surface area contributed by atoms with E-state index in [4.69, 9.17) is 0 Å². The van der Waals surface area contributed by atoms with Gasteiger partial charge in [0.1, 0.15) is 17.7 Å². The summed E-state index contributed by atoms with van der Waals surface area (Å²) in [6, 6.07) is 7.47. The summed E-state index contributed by atoms with van der Waals surface area (Å²) in [5.74, 6) is 0.478. The van der Waals surface area contributed by atoms with Crippen LogP contribution >= 0.6 is 0 Å². The number of nitrogens with zero attached hydrogens (tertiary/aromatic N) is 5. The average Bonchev–Trinajstić information content (AvgIpc) is 3.10. The Balaban J connectivity index is 1.21. The number of hydrogen-bond donors (Lipinski definition) is 0. The quantitative estimate of drug-likeness (QED) is 0.719. The maximum absolute atomic E-state index is 13.4. The number of amides is 1. The summed E-state index contributed by atoms with van der Waals surface area (Å²) >= 11 is 0. The second kappa shape index (κ2) is 9.14. The third-order valence-electron chi connectivity index (χ3n) is 7.28. The van der Waals surface area contributed by atoms with Crippen LogP contribution < -0.4 is 4.90 Å². The highest BCUT2D eigenvalue weighted by Crippen LogP contribution is 2.28. The first-order valence-corrected chi connectivity index (χ1v) is 11.9. The van der Waals surface area contributed by atoms with E-state index in [1.54, 1.807) is 18.1 Å². The number of carbonyl (C=O) groups is 1. The molecular formula is C25H32FN5O. The number of aromatic nitrogens is 2. The van der Waals surface area contributed by atoms with Crippen molar-refractivity contribution in [2.24, 2.45) is 0 Å². The number of benzene rings is 1. The highest BCUT2D eigenvalue weighted by atomic mass is 19.1. The molecule has 1 aromatic heterocycles. The van der Waals surface area contributed by atoms with Gasteiger partial charge in [0.25, 0.3) is 5.91 Å². The van der Waals surface area contributed by atoms with E-state index in [0.717, 1.165) is 37.5 Å². The molecule has 0 radical (unpaired) electrons. The van der Waals surface area contributed by atoms with Crippen LogP contribution in [0.25, 0.3) is 0 Å². The molecule has 5 rings (SSSR count). The normalized spacial score (nSPS) is 21.7. The summed E-state index contributed by atoms with van der Waals surface area (Å²) in [6.07, 6.45) is 9.07. The van der Waals surface area contributed by atoms with Crippen molar-refractivity contribution in [3.63, 3.8) is 0 Å². The minimum Gasteiger partial charge on any atom is -0.352 e. The summed E-state index contributed by atoms with van der Waals surface area (Å²) in [5, 5.41) is 0. The Morgan fingerprint density at radius 1 is 1.09 bits per heavy atom. The Morgan fingerprint density at radius 3 is 2.56 bits per heavy atom. The maximum atomic E-state index is 13.4. The molecule has 1 saturated heterocycles. The maximum Gasteiger partial charge on any atom is 0.274 e. The lowest BCUT2D eigenvalue weighted by Gasteiger charge is -2.36. The molecule has 1 aliphatic carbocycles. The summed E-state index contributed by atoms with van der Waals surface area (Å²) in [7, 11) is 1.80. The molecule has 2 aliphatic heterocycles. The molecule has 1 amide bonds. The Labute approximate surface area is 189 Å². The standard InChI is InChI=1S/C25H32FN5O/c1-29(25(32)23-14-28-24(15-27-23)31-12-9-21(26)17-31)16-18-5-6-19-7-10-30(22-3-2-4-22)11-8-20(19)13-18/h5-6,13-15,21-22H,2-4,7-12,16-17H2,1H3/t21-/m1/s1. The minimum absolute atomic E-state index is 0.153. The van der Waals surface area contributed by atoms with Crippen LogP contribution in [0.15, 0.2) is 30.6 Å². The van der Waals surface area contributed by atoms with Gasteiger partial charge in [-0.05, 0) is 48.8 Å². The number of carbonyl (C=O) groups excluding carboxylic acids is 1. The predicted octanol–water partition coefficient (Wildman–Crippen LogP) is 3.25. The third-order valence-corrected chi connectivity index (χ3v) is 7.28. The van der Waals surface area contributed by atoms with Gasteiger partial charge in [-0.1, -0.05) is 24.6 Å². The van der Waals surface area contributed by atoms with E-state index in [1.165, 1.54) is 36.6 Å². The molecule has 6 nitrogen and oxygen atoms in total. The zero-order valence-electron chi connectivity index (χ0n) is 18.8. The second-order valence-corrected chi connectivity index (χ2v) is 9.48. The van der Waals surface area contributed by atoms with Crippen molar-refractivity contribution < 1.29 is 9.18 Å². The highest BCUT2D eigenvalue weighted by Gasteiger charge is 2.27. The molecule has 1 aromatic carbocycles. The molecular weight excluding hydrogens is 405 g/mol. The Hall–Kier alpha value is -2.54. The van der Waals surface area contributed by atoms with Gasteiger partial charge in [0, 0.05) is 39.3 Å². The van der Waals surface area contributed by atoms with Crippen molar-refractivity contribution in [3.05, 3.63) is 53.0 Å². The van der Waals surface area contributed by atoms with Gasteiger partial charge >= 0.3 is 0 Å². The molecule has 0 bridgehead atoms. The number of fused-ring (bicyclic) bond motifs is 1. The first-order valence-electron chi connectivity index (χ1n) is 11.9. The van der Waals surface area contributed by atoms with Crippen LogP contribution in [-0.2, 0) is 19.4 Å². The fraction of sp³-hybridized carbons (Fsp3) is 0.560. The van der Waals surface area contributed by atoms with E-state index in [9.17, 15) is 9.18 Å². The predicted molar refractivity (Wildman–Crippen MR) is 123 cm³/mol. The van der Waals surface area contributed by atoms with Gasteiger partial charge in [-0.15, -0.1) is 0 Å². The second-order valence-electron chi connectivity index (χ2n) is 9.48. The third kappa shape index (κ3) is 4.49. The van der Waals surface area contributed by atoms with E-state index >= 15 is 0 Å². The molecule has 32 heavy (non-hydrogen) atoms. The smallest absolute Gasteiger partial charge is 0.274 e. The first kappa shape index (κ1) is 21.3. The number of halogens is 1. The van der Waals surface area contributed by atoms with Crippen LogP contribution in [0.3, 0.4) is 0 Å². The monoisotopic (exact) mass is 437 g/mol. The van der Waals surface area contributed by atoms with Crippen LogP contribution in [-0.4, -0.2) is 71.1 Å². The Bertz CT molecular complexity index is 961. The molecule has 3 aliphatic rings. The lowest BCUT2D eigenvalue weighted by molar-refractivity contribution is 0.0779. The van der Waals surface area contributed by atoms with Crippen LogP contribution in [0.1, 0.15) is 52.9 Å². The zero-order valence-corrected chi connectivity index (χ0v) is 18.8. The van der Waals surface area contributed by atoms with Crippen molar-refractivity contribution in [1.82, 2.24) is 19.8 Å². The number of anilines is 1. The summed E-state index contributed by atoms with van der Waals surface area (Å²) in [5.41, 5.74) is 4.33. The zero-order chi connectivity index (χ0) is 22.1. The number of alkyl halides is 1. The molecule has 1 saturated carbocycles. The van der Waals surface area contributed by atoms with Gasteiger partial charge in [0.05, 0.1) is 18.9 Å². The van der Waals surface area contributed by atoms with E-state index in [1.807, 2.05) is 4.90 Å². The largest absolute Gasteiger partial charge is 0.352 e. The van der Waals surface area contributed by atoms with E-state index in [0.29, 0.717) is 37.6 Å². The lowest BCUT2D eigenvalue weighted by Crippen LogP contribution is -2.41. The molecule has 1 atom stereocenters. The van der Waals surface area contributed by atoms with Gasteiger partial charge in [-0.25, -0.2) is 14.4 Å². The fourth-order valence-electron chi connectivity index (χ4n) is 5.07. The van der Waals surface area contributed by atoms with Crippen molar-refractivity contribution in [2.75, 3.05) is 38.1 Å². The van der Waals surface area contributed by atoms with Crippen molar-refractivity contribution in [2.45, 2.75) is 57.3 Å². The van der Waals surface area contributed by atoms with E-state index < -0.39 is 6.17 Å². The van der Waals surface area contributed by atoms with Crippen LogP contribution in [0.2, 0.25) is 0 Å². The highest BCUT2D eigenvalue weighted by molar-refractivity contribution is 5.91.